The van der Waals surface area contributed by atoms with Gasteiger partial charge in [0.2, 0.25) is 0 Å². The van der Waals surface area contributed by atoms with Crippen molar-refractivity contribution in [1.82, 2.24) is 30.7 Å². The predicted molar refractivity (Wildman–Crippen MR) is 95.5 cm³/mol. The fourth-order valence-corrected chi connectivity index (χ4v) is 2.90. The van der Waals surface area contributed by atoms with Gasteiger partial charge in [0.25, 0.3) is 0 Å². The first kappa shape index (κ1) is 18.2. The number of nitrogens with zero attached hydrogens (tertiary/aromatic N) is 2. The quantitative estimate of drug-likeness (QED) is 0.587. The van der Waals surface area contributed by atoms with Crippen molar-refractivity contribution >= 4 is 6.03 Å². The number of H-pyrrole nitrogens is 2. The van der Waals surface area contributed by atoms with Crippen LogP contribution in [0.2, 0.25) is 0 Å². The highest BCUT2D eigenvalue weighted by molar-refractivity contribution is 5.73. The molecular weight excluding hydrogens is 336 g/mol. The molecule has 0 aliphatic carbocycles. The monoisotopic (exact) mass is 360 g/mol. The molecule has 0 radical (unpaired) electrons. The van der Waals surface area contributed by atoms with Crippen molar-refractivity contribution < 1.29 is 9.53 Å². The fourth-order valence-electron chi connectivity index (χ4n) is 2.90. The van der Waals surface area contributed by atoms with Crippen molar-refractivity contribution in [2.45, 2.75) is 25.6 Å². The van der Waals surface area contributed by atoms with Gasteiger partial charge < -0.3 is 15.4 Å². The average molecular weight is 360 g/mol. The maximum atomic E-state index is 11.9. The lowest BCUT2D eigenvalue weighted by Gasteiger charge is -2.24. The average Bonchev–Trinajstić information content (AvgIpc) is 2.93. The third-order valence-electron chi connectivity index (χ3n) is 4.14. The molecule has 0 bridgehead atoms. The van der Waals surface area contributed by atoms with E-state index < -0.39 is 5.69 Å². The number of hydrogen-bond acceptors (Lipinski definition) is 5. The number of aromatic nitrogens is 3. The molecule has 140 valence electrons. The summed E-state index contributed by atoms with van der Waals surface area (Å²) in [5.74, 6) is 0.380. The van der Waals surface area contributed by atoms with Gasteiger partial charge in [0.05, 0.1) is 12.6 Å². The Kier molecular flexibility index (Phi) is 6.39. The van der Waals surface area contributed by atoms with Gasteiger partial charge in [-0.3, -0.25) is 9.88 Å². The number of carbonyl (C=O) groups is 1. The summed E-state index contributed by atoms with van der Waals surface area (Å²) in [6.45, 7) is 3.88. The molecule has 3 rings (SSSR count). The van der Waals surface area contributed by atoms with Gasteiger partial charge in [-0.05, 0) is 12.0 Å². The maximum Gasteiger partial charge on any atom is 0.340 e. The van der Waals surface area contributed by atoms with Gasteiger partial charge in [-0.1, -0.05) is 30.3 Å². The van der Waals surface area contributed by atoms with E-state index in [2.05, 4.69) is 42.8 Å². The number of aromatic amines is 2. The number of urea groups is 1. The van der Waals surface area contributed by atoms with E-state index in [1.807, 2.05) is 18.2 Å². The van der Waals surface area contributed by atoms with Gasteiger partial charge in [-0.15, -0.1) is 0 Å². The Balaban J connectivity index is 1.42. The molecule has 1 saturated heterocycles. The molecule has 0 unspecified atom stereocenters. The summed E-state index contributed by atoms with van der Waals surface area (Å²) in [7, 11) is 0. The number of ether oxygens (including phenoxy) is 1. The van der Waals surface area contributed by atoms with Crippen molar-refractivity contribution in [2.24, 2.45) is 0 Å². The number of carbonyl (C=O) groups excluding carboxylic acids is 1. The van der Waals surface area contributed by atoms with Crippen molar-refractivity contribution in [3.8, 4) is 0 Å². The van der Waals surface area contributed by atoms with Gasteiger partial charge in [-0.2, -0.15) is 5.10 Å². The number of amides is 2. The molecule has 0 saturated carbocycles. The molecule has 1 aliphatic rings. The summed E-state index contributed by atoms with van der Waals surface area (Å²) in [6.07, 6.45) is 0.916. The zero-order valence-electron chi connectivity index (χ0n) is 14.5. The Bertz CT molecular complexity index is 744. The zero-order valence-corrected chi connectivity index (χ0v) is 14.5. The van der Waals surface area contributed by atoms with Crippen LogP contribution in [0.25, 0.3) is 0 Å². The number of hydrogen-bond donors (Lipinski definition) is 4. The van der Waals surface area contributed by atoms with Crippen LogP contribution < -0.4 is 16.3 Å². The lowest BCUT2D eigenvalue weighted by molar-refractivity contribution is 0.0550. The number of rotatable bonds is 6. The van der Waals surface area contributed by atoms with E-state index in [9.17, 15) is 9.59 Å². The van der Waals surface area contributed by atoms with E-state index in [0.717, 1.165) is 26.1 Å². The summed E-state index contributed by atoms with van der Waals surface area (Å²) in [5.41, 5.74) is 0.874. The highest BCUT2D eigenvalue weighted by atomic mass is 16.5. The lowest BCUT2D eigenvalue weighted by atomic mass is 10.2. The third kappa shape index (κ3) is 5.71. The highest BCUT2D eigenvalue weighted by Crippen LogP contribution is 2.10. The molecule has 26 heavy (non-hydrogen) atoms. The van der Waals surface area contributed by atoms with E-state index in [0.29, 0.717) is 19.0 Å². The maximum absolute atomic E-state index is 11.9. The molecule has 2 amide bonds. The van der Waals surface area contributed by atoms with Crippen LogP contribution in [-0.4, -0.2) is 58.5 Å². The summed E-state index contributed by atoms with van der Waals surface area (Å²) in [5, 5.41) is 11.4. The van der Waals surface area contributed by atoms with Crippen molar-refractivity contribution in [3.05, 3.63) is 52.2 Å². The minimum atomic E-state index is -0.396. The summed E-state index contributed by atoms with van der Waals surface area (Å²) in [4.78, 5) is 27.7. The fraction of sp³-hybridized carbons (Fsp3) is 0.471. The molecule has 2 aromatic rings. The second-order valence-corrected chi connectivity index (χ2v) is 6.26. The van der Waals surface area contributed by atoms with E-state index in [4.69, 9.17) is 4.74 Å². The molecule has 2 heterocycles. The minimum Gasteiger partial charge on any atom is -0.375 e. The van der Waals surface area contributed by atoms with Crippen LogP contribution in [0.15, 0.2) is 35.1 Å². The first-order chi connectivity index (χ1) is 12.7. The van der Waals surface area contributed by atoms with Crippen LogP contribution >= 0.6 is 0 Å². The molecule has 1 aromatic carbocycles. The van der Waals surface area contributed by atoms with Crippen molar-refractivity contribution in [3.63, 3.8) is 0 Å². The molecule has 1 atom stereocenters. The van der Waals surface area contributed by atoms with Gasteiger partial charge in [0.1, 0.15) is 5.82 Å². The number of benzene rings is 1. The largest absolute Gasteiger partial charge is 0.375 e. The Morgan fingerprint density at radius 1 is 1.31 bits per heavy atom. The van der Waals surface area contributed by atoms with Crippen LogP contribution in [0, 0.1) is 0 Å². The number of nitrogens with one attached hydrogen (secondary N) is 4. The van der Waals surface area contributed by atoms with E-state index in [1.54, 1.807) is 0 Å². The molecule has 0 spiro atoms. The first-order valence-corrected chi connectivity index (χ1v) is 8.72. The summed E-state index contributed by atoms with van der Waals surface area (Å²) < 4.78 is 5.84. The predicted octanol–water partition coefficient (Wildman–Crippen LogP) is 0.188. The molecule has 9 heteroatoms. The SMILES string of the molecule is O=C(NCc1n[nH]c(=O)[nH]1)NC[C@H]1CN(Cc2ccccc2)CCCO1. The summed E-state index contributed by atoms with van der Waals surface area (Å²) >= 11 is 0. The topological polar surface area (TPSA) is 115 Å². The van der Waals surface area contributed by atoms with E-state index in [1.165, 1.54) is 5.56 Å². The van der Waals surface area contributed by atoms with Crippen molar-refractivity contribution in [2.75, 3.05) is 26.2 Å². The Morgan fingerprint density at radius 2 is 2.15 bits per heavy atom. The molecule has 4 N–H and O–H groups in total. The van der Waals surface area contributed by atoms with Crippen LogP contribution in [-0.2, 0) is 17.8 Å². The van der Waals surface area contributed by atoms with Crippen LogP contribution in [0.3, 0.4) is 0 Å². The zero-order chi connectivity index (χ0) is 18.2. The van der Waals surface area contributed by atoms with E-state index >= 15 is 0 Å². The molecule has 9 nitrogen and oxygen atoms in total. The third-order valence-corrected chi connectivity index (χ3v) is 4.14. The standard InChI is InChI=1S/C17H24N6O3/c24-16(19-10-15-20-17(25)22-21-15)18-9-14-12-23(7-4-8-26-14)11-13-5-2-1-3-6-13/h1-3,5-6,14H,4,7-12H2,(H2,18,19,24)(H2,20,21,22,25)/t14-/m0/s1. The Morgan fingerprint density at radius 3 is 2.92 bits per heavy atom. The molecular formula is C17H24N6O3. The van der Waals surface area contributed by atoms with E-state index in [-0.39, 0.29) is 18.7 Å². The van der Waals surface area contributed by atoms with Crippen LogP contribution in [0.4, 0.5) is 4.79 Å². The second kappa shape index (κ2) is 9.16. The smallest absolute Gasteiger partial charge is 0.340 e. The van der Waals surface area contributed by atoms with Crippen molar-refractivity contribution in [1.29, 1.82) is 0 Å². The van der Waals surface area contributed by atoms with Gasteiger partial charge >= 0.3 is 11.7 Å². The summed E-state index contributed by atoms with van der Waals surface area (Å²) in [6, 6.07) is 10.0. The lowest BCUT2D eigenvalue weighted by Crippen LogP contribution is -2.43. The first-order valence-electron chi connectivity index (χ1n) is 8.72. The Labute approximate surface area is 151 Å². The highest BCUT2D eigenvalue weighted by Gasteiger charge is 2.19. The molecule has 1 aliphatic heterocycles. The molecule has 1 fully saturated rings. The normalized spacial score (nSPS) is 18.2. The second-order valence-electron chi connectivity index (χ2n) is 6.26. The van der Waals surface area contributed by atoms with Crippen LogP contribution in [0.1, 0.15) is 17.8 Å². The van der Waals surface area contributed by atoms with Gasteiger partial charge in [0, 0.05) is 32.8 Å². The molecule has 1 aromatic heterocycles. The Hall–Kier alpha value is -2.65. The van der Waals surface area contributed by atoms with Gasteiger partial charge in [0.15, 0.2) is 0 Å². The van der Waals surface area contributed by atoms with Crippen LogP contribution in [0.5, 0.6) is 0 Å². The minimum absolute atomic E-state index is 0.0582. The van der Waals surface area contributed by atoms with Gasteiger partial charge in [-0.25, -0.2) is 14.7 Å².